The number of alkyl halides is 3. The predicted molar refractivity (Wildman–Crippen MR) is 63.9 cm³/mol. The molecule has 0 aromatic heterocycles. The summed E-state index contributed by atoms with van der Waals surface area (Å²) in [6.45, 7) is 0. The smallest absolute Gasteiger partial charge is 0.446 e. The Kier molecular flexibility index (Phi) is 5.22. The number of nitrogens with one attached hydrogen (secondary N) is 1. The zero-order valence-corrected chi connectivity index (χ0v) is 10.3. The van der Waals surface area contributed by atoms with Gasteiger partial charge in [0.1, 0.15) is 0 Å². The Morgan fingerprint density at radius 1 is 1.16 bits per heavy atom. The molecule has 4 nitrogen and oxygen atoms in total. The van der Waals surface area contributed by atoms with Crippen molar-refractivity contribution in [1.82, 2.24) is 0 Å². The molecule has 19 heavy (non-hydrogen) atoms. The molecule has 0 radical (unpaired) electrons. The van der Waals surface area contributed by atoms with E-state index < -0.39 is 17.4 Å². The van der Waals surface area contributed by atoms with Crippen LogP contribution >= 0.6 is 11.8 Å². The highest BCUT2D eigenvalue weighted by atomic mass is 32.2. The fourth-order valence-electron chi connectivity index (χ4n) is 1.18. The third-order valence-corrected chi connectivity index (χ3v) is 2.68. The maximum atomic E-state index is 12.1. The van der Waals surface area contributed by atoms with E-state index >= 15 is 0 Å². The number of amides is 1. The summed E-state index contributed by atoms with van der Waals surface area (Å²) in [5, 5.41) is 10.8. The van der Waals surface area contributed by atoms with Crippen LogP contribution in [-0.4, -0.2) is 22.5 Å². The Balaban J connectivity index is 2.52. The number of thioether (sulfide) groups is 1. The lowest BCUT2D eigenvalue weighted by Crippen LogP contribution is -2.13. The van der Waals surface area contributed by atoms with Gasteiger partial charge in [0.05, 0.1) is 6.42 Å². The van der Waals surface area contributed by atoms with Gasteiger partial charge in [-0.25, -0.2) is 0 Å². The number of rotatable bonds is 5. The minimum absolute atomic E-state index is 0.0102. The first-order valence-corrected chi connectivity index (χ1v) is 5.95. The van der Waals surface area contributed by atoms with Crippen LogP contribution in [0.15, 0.2) is 29.2 Å². The normalized spacial score (nSPS) is 11.1. The van der Waals surface area contributed by atoms with Gasteiger partial charge < -0.3 is 10.4 Å². The van der Waals surface area contributed by atoms with E-state index in [9.17, 15) is 22.8 Å². The van der Waals surface area contributed by atoms with E-state index in [-0.39, 0.29) is 29.5 Å². The second-order valence-corrected chi connectivity index (χ2v) is 4.65. The number of benzene rings is 1. The average molecular weight is 293 g/mol. The molecule has 104 valence electrons. The Hall–Kier alpha value is -1.70. The number of aliphatic carboxylic acids is 1. The van der Waals surface area contributed by atoms with Gasteiger partial charge in [0.15, 0.2) is 0 Å². The molecule has 8 heteroatoms. The Labute approximate surface area is 111 Å². The van der Waals surface area contributed by atoms with Crippen LogP contribution in [0.2, 0.25) is 0 Å². The highest BCUT2D eigenvalue weighted by Crippen LogP contribution is 2.36. The zero-order chi connectivity index (χ0) is 14.5. The number of halogens is 3. The van der Waals surface area contributed by atoms with E-state index in [1.165, 1.54) is 24.3 Å². The third kappa shape index (κ3) is 6.70. The van der Waals surface area contributed by atoms with Gasteiger partial charge in [-0.2, -0.15) is 13.2 Å². The molecule has 0 aliphatic heterocycles. The van der Waals surface area contributed by atoms with Gasteiger partial charge in [-0.15, -0.1) is 0 Å². The summed E-state index contributed by atoms with van der Waals surface area (Å²) >= 11 is -0.248. The van der Waals surface area contributed by atoms with Crippen LogP contribution in [0.25, 0.3) is 0 Å². The number of carboxylic acids is 1. The van der Waals surface area contributed by atoms with Gasteiger partial charge in [-0.05, 0) is 36.0 Å². The largest absolute Gasteiger partial charge is 0.481 e. The lowest BCUT2D eigenvalue weighted by atomic mass is 10.2. The molecule has 0 heterocycles. The van der Waals surface area contributed by atoms with E-state index in [0.717, 1.165) is 0 Å². The maximum Gasteiger partial charge on any atom is 0.446 e. The minimum atomic E-state index is -4.35. The number of carbonyl (C=O) groups is 2. The SMILES string of the molecule is O=C(O)CCC(=O)Nc1ccc(SC(F)(F)F)cc1. The van der Waals surface area contributed by atoms with Crippen LogP contribution in [0.3, 0.4) is 0 Å². The van der Waals surface area contributed by atoms with Crippen LogP contribution in [-0.2, 0) is 9.59 Å². The average Bonchev–Trinajstić information content (AvgIpc) is 2.27. The molecule has 2 N–H and O–H groups in total. The monoisotopic (exact) mass is 293 g/mol. The zero-order valence-electron chi connectivity index (χ0n) is 9.53. The second-order valence-electron chi connectivity index (χ2n) is 3.51. The Bertz CT molecular complexity index is 459. The molecular weight excluding hydrogens is 283 g/mol. The number of hydrogen-bond acceptors (Lipinski definition) is 3. The van der Waals surface area contributed by atoms with Crippen LogP contribution < -0.4 is 5.32 Å². The standard InChI is InChI=1S/C11H10F3NO3S/c12-11(13,14)19-8-3-1-7(2-4-8)15-9(16)5-6-10(17)18/h1-4H,5-6H2,(H,15,16)(H,17,18). The van der Waals surface area contributed by atoms with Crippen LogP contribution in [0.4, 0.5) is 18.9 Å². The summed E-state index contributed by atoms with van der Waals surface area (Å²) in [5.74, 6) is -1.59. The van der Waals surface area contributed by atoms with Crippen LogP contribution in [0, 0.1) is 0 Å². The summed E-state index contributed by atoms with van der Waals surface area (Å²) in [6, 6.07) is 5.11. The molecule has 0 fully saturated rings. The number of carboxylic acid groups (broad SMARTS) is 1. The molecule has 1 aromatic carbocycles. The molecule has 0 bridgehead atoms. The van der Waals surface area contributed by atoms with E-state index in [2.05, 4.69) is 5.32 Å². The van der Waals surface area contributed by atoms with Crippen LogP contribution in [0.5, 0.6) is 0 Å². The van der Waals surface area contributed by atoms with Crippen molar-refractivity contribution in [2.75, 3.05) is 5.32 Å². The third-order valence-electron chi connectivity index (χ3n) is 1.94. The van der Waals surface area contributed by atoms with Crippen molar-refractivity contribution >= 4 is 29.3 Å². The molecule has 0 saturated heterocycles. The summed E-state index contributed by atoms with van der Waals surface area (Å²) in [4.78, 5) is 21.5. The lowest BCUT2D eigenvalue weighted by Gasteiger charge is -2.07. The summed E-state index contributed by atoms with van der Waals surface area (Å²) < 4.78 is 36.2. The minimum Gasteiger partial charge on any atom is -0.481 e. The molecule has 1 rings (SSSR count). The van der Waals surface area contributed by atoms with Crippen LogP contribution in [0.1, 0.15) is 12.8 Å². The molecule has 0 aliphatic carbocycles. The Morgan fingerprint density at radius 3 is 2.21 bits per heavy atom. The molecule has 0 spiro atoms. The molecule has 1 aromatic rings. The van der Waals surface area contributed by atoms with Gasteiger partial charge in [0.25, 0.3) is 0 Å². The fourth-order valence-corrected chi connectivity index (χ4v) is 1.72. The van der Waals surface area contributed by atoms with Crippen molar-refractivity contribution in [1.29, 1.82) is 0 Å². The molecule has 0 aliphatic rings. The van der Waals surface area contributed by atoms with E-state index in [1.807, 2.05) is 0 Å². The highest BCUT2D eigenvalue weighted by Gasteiger charge is 2.28. The van der Waals surface area contributed by atoms with Crippen molar-refractivity contribution in [3.05, 3.63) is 24.3 Å². The maximum absolute atomic E-state index is 12.1. The van der Waals surface area contributed by atoms with Crippen molar-refractivity contribution in [2.24, 2.45) is 0 Å². The van der Waals surface area contributed by atoms with Gasteiger partial charge >= 0.3 is 11.5 Å². The first-order valence-electron chi connectivity index (χ1n) is 5.14. The summed E-state index contributed by atoms with van der Waals surface area (Å²) in [6.07, 6.45) is -0.484. The van der Waals surface area contributed by atoms with Crippen molar-refractivity contribution in [3.63, 3.8) is 0 Å². The highest BCUT2D eigenvalue weighted by molar-refractivity contribution is 8.00. The van der Waals surface area contributed by atoms with Gasteiger partial charge in [-0.3, -0.25) is 9.59 Å². The van der Waals surface area contributed by atoms with Gasteiger partial charge in [-0.1, -0.05) is 0 Å². The van der Waals surface area contributed by atoms with Crippen molar-refractivity contribution in [3.8, 4) is 0 Å². The number of anilines is 1. The summed E-state index contributed by atoms with van der Waals surface area (Å²) in [5.41, 5.74) is -4.03. The first kappa shape index (κ1) is 15.4. The van der Waals surface area contributed by atoms with Crippen molar-refractivity contribution < 1.29 is 27.9 Å². The predicted octanol–water partition coefficient (Wildman–Crippen LogP) is 3.10. The lowest BCUT2D eigenvalue weighted by molar-refractivity contribution is -0.138. The van der Waals surface area contributed by atoms with Crippen molar-refractivity contribution in [2.45, 2.75) is 23.2 Å². The molecule has 0 atom stereocenters. The first-order chi connectivity index (χ1) is 8.76. The Morgan fingerprint density at radius 2 is 1.74 bits per heavy atom. The number of carbonyl (C=O) groups excluding carboxylic acids is 1. The number of hydrogen-bond donors (Lipinski definition) is 2. The molecule has 1 amide bonds. The van der Waals surface area contributed by atoms with E-state index in [4.69, 9.17) is 5.11 Å². The van der Waals surface area contributed by atoms with E-state index in [1.54, 1.807) is 0 Å². The topological polar surface area (TPSA) is 66.4 Å². The van der Waals surface area contributed by atoms with Gasteiger partial charge in [0.2, 0.25) is 5.91 Å². The molecule has 0 unspecified atom stereocenters. The quantitative estimate of drug-likeness (QED) is 0.819. The van der Waals surface area contributed by atoms with E-state index in [0.29, 0.717) is 5.69 Å². The van der Waals surface area contributed by atoms with Gasteiger partial charge in [0, 0.05) is 17.0 Å². The second kappa shape index (κ2) is 6.46. The summed E-state index contributed by atoms with van der Waals surface area (Å²) in [7, 11) is 0. The fraction of sp³-hybridized carbons (Fsp3) is 0.273. The molecule has 0 saturated carbocycles. The molecular formula is C11H10F3NO3S.